The number of nitrogens with zero attached hydrogens (tertiary/aromatic N) is 3. The number of amidine groups is 1. The minimum atomic E-state index is -0.444. The standard InChI is InChI=1S/C25H21Cl2N5O2/c1-16-21(23(31-34-16)22-19(26)14-9-15-20(22)27)24(28-17-10-5-3-6-11-17)32(2)30-25(33)29-18-12-7-4-8-13-18/h3-15H,1-2H3,(H2,29,30,33). The first-order chi connectivity index (χ1) is 16.4. The van der Waals surface area contributed by atoms with Crippen molar-refractivity contribution in [2.45, 2.75) is 6.92 Å². The van der Waals surface area contributed by atoms with E-state index in [1.165, 1.54) is 5.01 Å². The molecule has 0 atom stereocenters. The molecule has 7 nitrogen and oxygen atoms in total. The van der Waals surface area contributed by atoms with Gasteiger partial charge in [-0.05, 0) is 43.3 Å². The Hall–Kier alpha value is -3.81. The van der Waals surface area contributed by atoms with Gasteiger partial charge in [0, 0.05) is 18.3 Å². The minimum Gasteiger partial charge on any atom is -0.360 e. The van der Waals surface area contributed by atoms with Crippen LogP contribution in [0.2, 0.25) is 10.0 Å². The number of nitrogens with one attached hydrogen (secondary N) is 2. The van der Waals surface area contributed by atoms with E-state index in [1.807, 2.05) is 48.5 Å². The highest BCUT2D eigenvalue weighted by Crippen LogP contribution is 2.37. The normalized spacial score (nSPS) is 11.2. The molecule has 0 fully saturated rings. The molecule has 0 saturated heterocycles. The van der Waals surface area contributed by atoms with Crippen LogP contribution in [0.1, 0.15) is 11.3 Å². The van der Waals surface area contributed by atoms with Crippen LogP contribution in [0.25, 0.3) is 11.3 Å². The molecule has 3 aromatic carbocycles. The van der Waals surface area contributed by atoms with Gasteiger partial charge < -0.3 is 9.84 Å². The van der Waals surface area contributed by atoms with Crippen molar-refractivity contribution in [3.8, 4) is 11.3 Å². The van der Waals surface area contributed by atoms with Crippen LogP contribution in [-0.2, 0) is 0 Å². The first-order valence-corrected chi connectivity index (χ1v) is 11.1. The number of aryl methyl sites for hydroxylation is 1. The summed E-state index contributed by atoms with van der Waals surface area (Å²) in [4.78, 5) is 17.5. The predicted octanol–water partition coefficient (Wildman–Crippen LogP) is 6.70. The highest BCUT2D eigenvalue weighted by atomic mass is 35.5. The van der Waals surface area contributed by atoms with Gasteiger partial charge in [-0.3, -0.25) is 5.01 Å². The topological polar surface area (TPSA) is 82.8 Å². The molecule has 1 heterocycles. The molecule has 1 aromatic heterocycles. The Bertz CT molecular complexity index is 1300. The van der Waals surface area contributed by atoms with Gasteiger partial charge in [-0.1, -0.05) is 70.8 Å². The molecular formula is C25H21Cl2N5O2. The van der Waals surface area contributed by atoms with E-state index in [0.717, 1.165) is 0 Å². The Morgan fingerprint density at radius 2 is 1.56 bits per heavy atom. The smallest absolute Gasteiger partial charge is 0.338 e. The lowest BCUT2D eigenvalue weighted by atomic mass is 10.0. The van der Waals surface area contributed by atoms with Crippen LogP contribution in [0.5, 0.6) is 0 Å². The summed E-state index contributed by atoms with van der Waals surface area (Å²) in [7, 11) is 1.68. The second-order valence-corrected chi connectivity index (χ2v) is 8.14. The Labute approximate surface area is 207 Å². The van der Waals surface area contributed by atoms with Gasteiger partial charge in [0.15, 0.2) is 5.84 Å². The Morgan fingerprint density at radius 1 is 0.941 bits per heavy atom. The largest absolute Gasteiger partial charge is 0.360 e. The SMILES string of the molecule is Cc1onc(-c2c(Cl)cccc2Cl)c1C(=Nc1ccccc1)N(C)NC(=O)Nc1ccccc1. The number of halogens is 2. The maximum atomic E-state index is 12.7. The van der Waals surface area contributed by atoms with Gasteiger partial charge >= 0.3 is 6.03 Å². The van der Waals surface area contributed by atoms with Crippen molar-refractivity contribution in [1.82, 2.24) is 15.6 Å². The molecule has 0 saturated carbocycles. The number of aromatic nitrogens is 1. The van der Waals surface area contributed by atoms with E-state index < -0.39 is 6.03 Å². The summed E-state index contributed by atoms with van der Waals surface area (Å²) in [6.45, 7) is 1.76. The fraction of sp³-hybridized carbons (Fsp3) is 0.0800. The number of aliphatic imine (C=N–C) groups is 1. The van der Waals surface area contributed by atoms with Gasteiger partial charge in [-0.15, -0.1) is 0 Å². The number of para-hydroxylation sites is 2. The van der Waals surface area contributed by atoms with Gasteiger partial charge in [0.1, 0.15) is 11.5 Å². The second-order valence-electron chi connectivity index (χ2n) is 7.32. The fourth-order valence-corrected chi connectivity index (χ4v) is 3.92. The third-order valence-corrected chi connectivity index (χ3v) is 5.53. The molecule has 0 radical (unpaired) electrons. The van der Waals surface area contributed by atoms with Crippen molar-refractivity contribution in [2.24, 2.45) is 4.99 Å². The molecule has 0 spiro atoms. The average molecular weight is 494 g/mol. The molecule has 0 aliphatic carbocycles. The second kappa shape index (κ2) is 10.4. The summed E-state index contributed by atoms with van der Waals surface area (Å²) in [6, 6.07) is 23.2. The monoisotopic (exact) mass is 493 g/mol. The number of anilines is 1. The zero-order chi connectivity index (χ0) is 24.1. The number of amides is 2. The van der Waals surface area contributed by atoms with E-state index in [1.54, 1.807) is 44.3 Å². The van der Waals surface area contributed by atoms with E-state index in [9.17, 15) is 4.79 Å². The third-order valence-electron chi connectivity index (χ3n) is 4.90. The number of hydrogen-bond acceptors (Lipinski definition) is 4. The van der Waals surface area contributed by atoms with E-state index >= 15 is 0 Å². The first-order valence-electron chi connectivity index (χ1n) is 10.3. The van der Waals surface area contributed by atoms with Crippen molar-refractivity contribution in [2.75, 3.05) is 12.4 Å². The fourth-order valence-electron chi connectivity index (χ4n) is 3.34. The van der Waals surface area contributed by atoms with E-state index in [0.29, 0.717) is 49.8 Å². The number of benzene rings is 3. The van der Waals surface area contributed by atoms with Gasteiger partial charge in [0.25, 0.3) is 0 Å². The molecule has 0 unspecified atom stereocenters. The zero-order valence-corrected chi connectivity index (χ0v) is 19.9. The summed E-state index contributed by atoms with van der Waals surface area (Å²) in [5.41, 5.74) is 5.59. The van der Waals surface area contributed by atoms with Crippen LogP contribution >= 0.6 is 23.2 Å². The van der Waals surface area contributed by atoms with E-state index in [-0.39, 0.29) is 0 Å². The molecule has 0 aliphatic heterocycles. The number of hydrazine groups is 1. The third kappa shape index (κ3) is 5.22. The summed E-state index contributed by atoms with van der Waals surface area (Å²) in [5.74, 6) is 0.872. The molecule has 34 heavy (non-hydrogen) atoms. The van der Waals surface area contributed by atoms with Crippen molar-refractivity contribution in [3.63, 3.8) is 0 Å². The zero-order valence-electron chi connectivity index (χ0n) is 18.4. The van der Waals surface area contributed by atoms with Gasteiger partial charge in [-0.25, -0.2) is 15.2 Å². The van der Waals surface area contributed by atoms with E-state index in [2.05, 4.69) is 15.9 Å². The van der Waals surface area contributed by atoms with E-state index in [4.69, 9.17) is 32.7 Å². The first kappa shape index (κ1) is 23.4. The van der Waals surface area contributed by atoms with Gasteiger partial charge in [0.2, 0.25) is 0 Å². The van der Waals surface area contributed by atoms with Crippen LogP contribution in [0.3, 0.4) is 0 Å². The molecule has 4 rings (SSSR count). The molecule has 2 amide bonds. The van der Waals surface area contributed by atoms with Gasteiger partial charge in [0.05, 0.1) is 21.3 Å². The maximum Gasteiger partial charge on any atom is 0.338 e. The Balaban J connectivity index is 1.76. The molecule has 172 valence electrons. The molecular weight excluding hydrogens is 473 g/mol. The number of carbonyl (C=O) groups is 1. The average Bonchev–Trinajstić information content (AvgIpc) is 3.19. The number of hydrogen-bond donors (Lipinski definition) is 2. The lowest BCUT2D eigenvalue weighted by molar-refractivity contribution is 0.236. The lowest BCUT2D eigenvalue weighted by Gasteiger charge is -2.23. The lowest BCUT2D eigenvalue weighted by Crippen LogP contribution is -2.46. The van der Waals surface area contributed by atoms with Crippen LogP contribution in [0.15, 0.2) is 88.4 Å². The van der Waals surface area contributed by atoms with Gasteiger partial charge in [-0.2, -0.15) is 0 Å². The highest BCUT2D eigenvalue weighted by molar-refractivity contribution is 6.39. The van der Waals surface area contributed by atoms with Crippen molar-refractivity contribution >= 4 is 46.4 Å². The summed E-state index contributed by atoms with van der Waals surface area (Å²) >= 11 is 12.9. The quantitative estimate of drug-likeness (QED) is 0.188. The van der Waals surface area contributed by atoms with Crippen LogP contribution < -0.4 is 10.7 Å². The van der Waals surface area contributed by atoms with Crippen molar-refractivity contribution in [1.29, 1.82) is 0 Å². The summed E-state index contributed by atoms with van der Waals surface area (Å²) in [6.07, 6.45) is 0. The number of carbonyl (C=O) groups excluding carboxylic acids is 1. The molecule has 4 aromatic rings. The van der Waals surface area contributed by atoms with Crippen LogP contribution in [-0.4, -0.2) is 29.1 Å². The summed E-state index contributed by atoms with van der Waals surface area (Å²) < 4.78 is 5.53. The van der Waals surface area contributed by atoms with Crippen LogP contribution in [0.4, 0.5) is 16.2 Å². The number of rotatable bonds is 4. The molecule has 0 aliphatic rings. The van der Waals surface area contributed by atoms with Crippen LogP contribution in [0, 0.1) is 6.92 Å². The predicted molar refractivity (Wildman–Crippen MR) is 136 cm³/mol. The molecule has 9 heteroatoms. The minimum absolute atomic E-state index is 0.388. The molecule has 0 bridgehead atoms. The Morgan fingerprint density at radius 3 is 2.21 bits per heavy atom. The number of urea groups is 1. The highest BCUT2D eigenvalue weighted by Gasteiger charge is 2.26. The Kier molecular flexibility index (Phi) is 7.15. The van der Waals surface area contributed by atoms with Crippen molar-refractivity contribution < 1.29 is 9.32 Å². The molecule has 2 N–H and O–H groups in total. The maximum absolute atomic E-state index is 12.7. The van der Waals surface area contributed by atoms with Crippen molar-refractivity contribution in [3.05, 3.63) is 100 Å². The summed E-state index contributed by atoms with van der Waals surface area (Å²) in [5, 5.41) is 9.34.